The van der Waals surface area contributed by atoms with E-state index in [0.29, 0.717) is 0 Å². The molecule has 0 aliphatic carbocycles. The molecule has 0 N–H and O–H groups in total. The minimum Gasteiger partial charge on any atom is -0.236 e. The van der Waals surface area contributed by atoms with Crippen LogP contribution in [0.4, 0.5) is 0 Å². The van der Waals surface area contributed by atoms with E-state index in [1.54, 1.807) is 11.3 Å². The van der Waals surface area contributed by atoms with E-state index in [0.717, 1.165) is 25.2 Å². The maximum absolute atomic E-state index is 4.86. The molecule has 0 saturated carbocycles. The third-order valence-electron chi connectivity index (χ3n) is 3.31. The van der Waals surface area contributed by atoms with Crippen molar-refractivity contribution in [2.75, 3.05) is 0 Å². The van der Waals surface area contributed by atoms with E-state index in [-0.39, 0.29) is 0 Å². The van der Waals surface area contributed by atoms with Crippen LogP contribution < -0.4 is 0 Å². The Labute approximate surface area is 145 Å². The first-order valence-electron chi connectivity index (χ1n) is 6.54. The molecular formula is C17H13Br2NS. The molecular weight excluding hydrogens is 410 g/mol. The Hall–Kier alpha value is -0.970. The zero-order chi connectivity index (χ0) is 15.0. The molecule has 0 saturated heterocycles. The summed E-state index contributed by atoms with van der Waals surface area (Å²) in [6.45, 7) is 4.25. The molecule has 3 rings (SSSR count). The molecule has 0 fully saturated rings. The van der Waals surface area contributed by atoms with Crippen LogP contribution >= 0.6 is 43.2 Å². The number of aromatic nitrogens is 1. The predicted molar refractivity (Wildman–Crippen MR) is 97.9 cm³/mol. The maximum Gasteiger partial charge on any atom is 0.124 e. The second-order valence-electron chi connectivity index (χ2n) is 4.89. The van der Waals surface area contributed by atoms with Crippen LogP contribution in [0.15, 0.2) is 51.4 Å². The van der Waals surface area contributed by atoms with Gasteiger partial charge in [0.25, 0.3) is 0 Å². The van der Waals surface area contributed by atoms with Crippen LogP contribution in [0.3, 0.4) is 0 Å². The van der Waals surface area contributed by atoms with E-state index < -0.39 is 0 Å². The average molecular weight is 423 g/mol. The second kappa shape index (κ2) is 6.03. The van der Waals surface area contributed by atoms with Gasteiger partial charge in [0.1, 0.15) is 5.01 Å². The molecule has 1 nitrogen and oxygen atoms in total. The first-order chi connectivity index (χ1) is 10.0. The number of nitrogens with zero attached hydrogens (tertiary/aromatic N) is 1. The lowest BCUT2D eigenvalue weighted by Crippen LogP contribution is -1.84. The minimum absolute atomic E-state index is 1.07. The van der Waals surface area contributed by atoms with Crippen LogP contribution in [0.5, 0.6) is 0 Å². The van der Waals surface area contributed by atoms with Crippen molar-refractivity contribution in [1.82, 2.24) is 4.98 Å². The van der Waals surface area contributed by atoms with E-state index in [9.17, 15) is 0 Å². The molecule has 1 heterocycles. The third-order valence-corrected chi connectivity index (χ3v) is 5.30. The third kappa shape index (κ3) is 3.12. The van der Waals surface area contributed by atoms with Crippen LogP contribution in [0.2, 0.25) is 0 Å². The van der Waals surface area contributed by atoms with Crippen molar-refractivity contribution in [1.29, 1.82) is 0 Å². The Kier molecular flexibility index (Phi) is 4.29. The number of aryl methyl sites for hydroxylation is 2. The summed E-state index contributed by atoms with van der Waals surface area (Å²) in [6, 6.07) is 14.6. The second-order valence-corrected chi connectivity index (χ2v) is 7.93. The Bertz CT molecular complexity index is 808. The highest BCUT2D eigenvalue weighted by Gasteiger charge is 2.13. The normalized spacial score (nSPS) is 10.9. The summed E-state index contributed by atoms with van der Waals surface area (Å²) in [5.41, 5.74) is 4.66. The van der Waals surface area contributed by atoms with Crippen molar-refractivity contribution in [2.24, 2.45) is 0 Å². The van der Waals surface area contributed by atoms with E-state index in [4.69, 9.17) is 4.98 Å². The summed E-state index contributed by atoms with van der Waals surface area (Å²) in [5, 5.41) is 1.08. The van der Waals surface area contributed by atoms with E-state index in [1.165, 1.54) is 16.0 Å². The summed E-state index contributed by atoms with van der Waals surface area (Å²) in [7, 11) is 0. The summed E-state index contributed by atoms with van der Waals surface area (Å²) >= 11 is 8.78. The molecule has 3 aromatic rings. The number of hydrogen-bond donors (Lipinski definition) is 0. The highest BCUT2D eigenvalue weighted by Crippen LogP contribution is 2.35. The van der Waals surface area contributed by atoms with Gasteiger partial charge in [-0.25, -0.2) is 4.98 Å². The zero-order valence-corrected chi connectivity index (χ0v) is 15.6. The largest absolute Gasteiger partial charge is 0.236 e. The molecule has 4 heteroatoms. The highest BCUT2D eigenvalue weighted by molar-refractivity contribution is 9.10. The smallest absolute Gasteiger partial charge is 0.124 e. The molecule has 0 bridgehead atoms. The van der Waals surface area contributed by atoms with Crippen LogP contribution in [0.25, 0.3) is 21.8 Å². The lowest BCUT2D eigenvalue weighted by atomic mass is 10.1. The van der Waals surface area contributed by atoms with Crippen molar-refractivity contribution in [2.45, 2.75) is 13.8 Å². The van der Waals surface area contributed by atoms with Crippen molar-refractivity contribution < 1.29 is 0 Å². The van der Waals surface area contributed by atoms with Gasteiger partial charge in [-0.2, -0.15) is 0 Å². The van der Waals surface area contributed by atoms with Crippen molar-refractivity contribution >= 4 is 43.2 Å². The summed E-state index contributed by atoms with van der Waals surface area (Å²) in [4.78, 5) is 6.11. The fraction of sp³-hybridized carbons (Fsp3) is 0.118. The van der Waals surface area contributed by atoms with E-state index in [1.807, 2.05) is 12.1 Å². The lowest BCUT2D eigenvalue weighted by Gasteiger charge is -2.02. The van der Waals surface area contributed by atoms with Gasteiger partial charge in [0, 0.05) is 24.9 Å². The van der Waals surface area contributed by atoms with Gasteiger partial charge in [-0.05, 0) is 43.7 Å². The molecule has 0 spiro atoms. The van der Waals surface area contributed by atoms with Crippen molar-refractivity contribution in [3.05, 3.63) is 61.9 Å². The Morgan fingerprint density at radius 2 is 1.71 bits per heavy atom. The summed E-state index contributed by atoms with van der Waals surface area (Å²) in [6.07, 6.45) is 0. The number of thiazole rings is 1. The van der Waals surface area contributed by atoms with Crippen LogP contribution in [-0.2, 0) is 0 Å². The Morgan fingerprint density at radius 3 is 2.43 bits per heavy atom. The van der Waals surface area contributed by atoms with Crippen molar-refractivity contribution in [3.63, 3.8) is 0 Å². The average Bonchev–Trinajstić information content (AvgIpc) is 2.80. The van der Waals surface area contributed by atoms with Gasteiger partial charge in [0.2, 0.25) is 0 Å². The first kappa shape index (κ1) is 14.9. The summed E-state index contributed by atoms with van der Waals surface area (Å²) < 4.78 is 2.18. The Morgan fingerprint density at radius 1 is 0.952 bits per heavy atom. The fourth-order valence-corrected chi connectivity index (χ4v) is 4.18. The maximum atomic E-state index is 4.86. The topological polar surface area (TPSA) is 12.9 Å². The molecule has 21 heavy (non-hydrogen) atoms. The minimum atomic E-state index is 1.07. The first-order valence-corrected chi connectivity index (χ1v) is 8.95. The SMILES string of the molecule is Cc1cc(Br)ccc1-c1nc(-c2cccc(Br)c2)c(C)s1. The molecule has 0 amide bonds. The molecule has 0 atom stereocenters. The standard InChI is InChI=1S/C17H13Br2NS/c1-10-8-14(19)6-7-15(10)17-20-16(11(2)21-17)12-4-3-5-13(18)9-12/h3-9H,1-2H3. The van der Waals surface area contributed by atoms with E-state index in [2.05, 4.69) is 76.0 Å². The van der Waals surface area contributed by atoms with Crippen LogP contribution in [0, 0.1) is 13.8 Å². The molecule has 106 valence electrons. The number of benzene rings is 2. The van der Waals surface area contributed by atoms with Gasteiger partial charge in [0.15, 0.2) is 0 Å². The van der Waals surface area contributed by atoms with Gasteiger partial charge < -0.3 is 0 Å². The van der Waals surface area contributed by atoms with Gasteiger partial charge in [0.05, 0.1) is 5.69 Å². The quantitative estimate of drug-likeness (QED) is 0.452. The Balaban J connectivity index is 2.09. The van der Waals surface area contributed by atoms with Gasteiger partial charge in [-0.3, -0.25) is 0 Å². The molecule has 0 radical (unpaired) electrons. The zero-order valence-electron chi connectivity index (χ0n) is 11.7. The van der Waals surface area contributed by atoms with Crippen LogP contribution in [0.1, 0.15) is 10.4 Å². The molecule has 0 aliphatic heterocycles. The molecule has 2 aromatic carbocycles. The van der Waals surface area contributed by atoms with Gasteiger partial charge in [-0.15, -0.1) is 11.3 Å². The highest BCUT2D eigenvalue weighted by atomic mass is 79.9. The predicted octanol–water partition coefficient (Wildman–Crippen LogP) is 6.62. The molecule has 0 aliphatic rings. The monoisotopic (exact) mass is 421 g/mol. The lowest BCUT2D eigenvalue weighted by molar-refractivity contribution is 1.35. The molecule has 0 unspecified atom stereocenters. The van der Waals surface area contributed by atoms with Crippen molar-refractivity contribution in [3.8, 4) is 21.8 Å². The number of rotatable bonds is 2. The van der Waals surface area contributed by atoms with Gasteiger partial charge >= 0.3 is 0 Å². The van der Waals surface area contributed by atoms with Crippen LogP contribution in [-0.4, -0.2) is 4.98 Å². The van der Waals surface area contributed by atoms with Gasteiger partial charge in [-0.1, -0.05) is 50.1 Å². The number of hydrogen-bond acceptors (Lipinski definition) is 2. The fourth-order valence-electron chi connectivity index (χ4n) is 2.28. The number of halogens is 2. The summed E-state index contributed by atoms with van der Waals surface area (Å²) in [5.74, 6) is 0. The molecule has 1 aromatic heterocycles. The van der Waals surface area contributed by atoms with E-state index >= 15 is 0 Å².